The Balaban J connectivity index is 1.50. The number of methoxy groups -OCH3 is 1. The lowest BCUT2D eigenvalue weighted by Crippen LogP contribution is -2.40. The van der Waals surface area contributed by atoms with Crippen molar-refractivity contribution in [1.29, 1.82) is 0 Å². The van der Waals surface area contributed by atoms with Crippen molar-refractivity contribution in [1.82, 2.24) is 14.0 Å². The standard InChI is InChI=1S/C24H25F2N3O3/c1-14-11-28(3)22(31)19-17(12-27(2)20(14)19)21(30)29-9-8-23(18(13-29)24(23,25)26)15-6-5-7-16(10-15)32-4/h5-7,10-12,18H,8-9,13H2,1-4H3. The summed E-state index contributed by atoms with van der Waals surface area (Å²) in [6.07, 6.45) is 3.52. The van der Waals surface area contributed by atoms with Crippen LogP contribution in [0.15, 0.2) is 41.5 Å². The topological polar surface area (TPSA) is 56.5 Å². The normalized spacial score (nSPS) is 23.8. The smallest absolute Gasteiger partial charge is 0.263 e. The lowest BCUT2D eigenvalue weighted by atomic mass is 9.86. The molecule has 5 rings (SSSR count). The molecule has 2 atom stereocenters. The number of alkyl halides is 2. The zero-order chi connectivity index (χ0) is 23.0. The molecule has 1 aromatic carbocycles. The number of hydrogen-bond donors (Lipinski definition) is 0. The molecule has 2 unspecified atom stereocenters. The average Bonchev–Trinajstić information content (AvgIpc) is 3.08. The summed E-state index contributed by atoms with van der Waals surface area (Å²) in [5.41, 5.74) is 0.834. The molecule has 1 aliphatic heterocycles. The van der Waals surface area contributed by atoms with E-state index in [-0.39, 0.29) is 36.5 Å². The highest BCUT2D eigenvalue weighted by Gasteiger charge is 2.82. The molecular weight excluding hydrogens is 416 g/mol. The van der Waals surface area contributed by atoms with Crippen molar-refractivity contribution < 1.29 is 18.3 Å². The second-order valence-corrected chi connectivity index (χ2v) is 8.99. The highest BCUT2D eigenvalue weighted by molar-refractivity contribution is 6.07. The monoisotopic (exact) mass is 441 g/mol. The number of halogens is 2. The van der Waals surface area contributed by atoms with Gasteiger partial charge in [0.15, 0.2) is 0 Å². The summed E-state index contributed by atoms with van der Waals surface area (Å²) < 4.78 is 38.7. The Kier molecular flexibility index (Phi) is 4.32. The molecule has 0 radical (unpaired) electrons. The molecule has 0 spiro atoms. The predicted octanol–water partition coefficient (Wildman–Crippen LogP) is 3.24. The number of carbonyl (C=O) groups excluding carboxylic acids is 1. The molecule has 32 heavy (non-hydrogen) atoms. The molecule has 1 saturated carbocycles. The van der Waals surface area contributed by atoms with E-state index in [1.165, 1.54) is 16.6 Å². The number of likely N-dealkylation sites (tertiary alicyclic amines) is 1. The fourth-order valence-electron chi connectivity index (χ4n) is 5.63. The zero-order valence-electron chi connectivity index (χ0n) is 18.5. The van der Waals surface area contributed by atoms with E-state index in [9.17, 15) is 9.59 Å². The van der Waals surface area contributed by atoms with Crippen LogP contribution in [-0.4, -0.2) is 46.1 Å². The Hall–Kier alpha value is -3.16. The summed E-state index contributed by atoms with van der Waals surface area (Å²) in [5.74, 6) is -3.70. The summed E-state index contributed by atoms with van der Waals surface area (Å²) >= 11 is 0. The third-order valence-corrected chi connectivity index (χ3v) is 7.30. The van der Waals surface area contributed by atoms with Crippen LogP contribution in [0.3, 0.4) is 0 Å². The van der Waals surface area contributed by atoms with Crippen LogP contribution in [0.25, 0.3) is 10.9 Å². The van der Waals surface area contributed by atoms with Crippen LogP contribution < -0.4 is 10.3 Å². The number of piperidine rings is 1. The van der Waals surface area contributed by atoms with E-state index in [1.807, 2.05) is 6.92 Å². The second-order valence-electron chi connectivity index (χ2n) is 8.99. The van der Waals surface area contributed by atoms with E-state index < -0.39 is 17.3 Å². The SMILES string of the molecule is COc1cccc(C23CCN(C(=O)c4cn(C)c5c(C)cn(C)c(=O)c45)CC2C3(F)F)c1. The number of aryl methyl sites for hydroxylation is 3. The van der Waals surface area contributed by atoms with Gasteiger partial charge in [0.25, 0.3) is 17.4 Å². The molecule has 0 bridgehead atoms. The van der Waals surface area contributed by atoms with Gasteiger partial charge in [0, 0.05) is 39.6 Å². The van der Waals surface area contributed by atoms with Gasteiger partial charge in [-0.15, -0.1) is 0 Å². The minimum absolute atomic E-state index is 0.0500. The predicted molar refractivity (Wildman–Crippen MR) is 117 cm³/mol. The van der Waals surface area contributed by atoms with Gasteiger partial charge in [-0.2, -0.15) is 0 Å². The van der Waals surface area contributed by atoms with Crippen molar-refractivity contribution in [2.24, 2.45) is 20.0 Å². The van der Waals surface area contributed by atoms with Crippen LogP contribution in [0.4, 0.5) is 8.78 Å². The minimum atomic E-state index is -2.90. The third-order valence-electron chi connectivity index (χ3n) is 7.30. The van der Waals surface area contributed by atoms with E-state index in [2.05, 4.69) is 0 Å². The lowest BCUT2D eigenvalue weighted by molar-refractivity contribution is 0.0691. The van der Waals surface area contributed by atoms with Crippen molar-refractivity contribution in [3.05, 3.63) is 63.7 Å². The molecule has 8 heteroatoms. The lowest BCUT2D eigenvalue weighted by Gasteiger charge is -2.30. The highest BCUT2D eigenvalue weighted by Crippen LogP contribution is 2.70. The molecule has 2 aliphatic rings. The summed E-state index contributed by atoms with van der Waals surface area (Å²) in [6.45, 7) is 2.03. The summed E-state index contributed by atoms with van der Waals surface area (Å²) in [5, 5.41) is 0.340. The van der Waals surface area contributed by atoms with E-state index in [1.54, 1.807) is 55.3 Å². The first-order valence-electron chi connectivity index (χ1n) is 10.6. The molecule has 3 aromatic rings. The number of fused-ring (bicyclic) bond motifs is 2. The number of hydrogen-bond acceptors (Lipinski definition) is 3. The highest BCUT2D eigenvalue weighted by atomic mass is 19.3. The number of carbonyl (C=O) groups is 1. The van der Waals surface area contributed by atoms with Gasteiger partial charge >= 0.3 is 0 Å². The molecule has 1 amide bonds. The summed E-state index contributed by atoms with van der Waals surface area (Å²) in [6, 6.07) is 6.84. The second kappa shape index (κ2) is 6.67. The van der Waals surface area contributed by atoms with Crippen molar-refractivity contribution in [2.75, 3.05) is 20.2 Å². The molecule has 6 nitrogen and oxygen atoms in total. The van der Waals surface area contributed by atoms with Gasteiger partial charge < -0.3 is 18.8 Å². The van der Waals surface area contributed by atoms with Gasteiger partial charge in [0.1, 0.15) is 5.75 Å². The molecule has 2 aromatic heterocycles. The Labute approximate surface area is 184 Å². The minimum Gasteiger partial charge on any atom is -0.497 e. The van der Waals surface area contributed by atoms with Crippen molar-refractivity contribution in [2.45, 2.75) is 24.7 Å². The van der Waals surface area contributed by atoms with Crippen LogP contribution in [-0.2, 0) is 19.5 Å². The number of rotatable bonds is 3. The molecule has 0 N–H and O–H groups in total. The van der Waals surface area contributed by atoms with Gasteiger partial charge in [-0.05, 0) is 36.6 Å². The Morgan fingerprint density at radius 3 is 2.62 bits per heavy atom. The first-order valence-corrected chi connectivity index (χ1v) is 10.6. The first-order chi connectivity index (χ1) is 15.1. The van der Waals surface area contributed by atoms with E-state index >= 15 is 8.78 Å². The quantitative estimate of drug-likeness (QED) is 0.627. The van der Waals surface area contributed by atoms with Crippen molar-refractivity contribution in [3.8, 4) is 5.75 Å². The number of pyridine rings is 1. The largest absolute Gasteiger partial charge is 0.497 e. The summed E-state index contributed by atoms with van der Waals surface area (Å²) in [7, 11) is 4.94. The molecule has 168 valence electrons. The molecule has 2 fully saturated rings. The number of nitrogens with zero attached hydrogens (tertiary/aromatic N) is 3. The Morgan fingerprint density at radius 2 is 1.94 bits per heavy atom. The number of aromatic nitrogens is 2. The molecule has 1 saturated heterocycles. The number of benzene rings is 1. The van der Waals surface area contributed by atoms with Crippen molar-refractivity contribution >= 4 is 16.8 Å². The fraction of sp³-hybridized carbons (Fsp3) is 0.417. The van der Waals surface area contributed by atoms with Crippen LogP contribution in [0, 0.1) is 12.8 Å². The van der Waals surface area contributed by atoms with Gasteiger partial charge in [-0.3, -0.25) is 9.59 Å². The van der Waals surface area contributed by atoms with Gasteiger partial charge in [0.2, 0.25) is 0 Å². The first kappa shape index (κ1) is 20.7. The van der Waals surface area contributed by atoms with Gasteiger partial charge in [-0.25, -0.2) is 8.78 Å². The van der Waals surface area contributed by atoms with Crippen LogP contribution in [0.2, 0.25) is 0 Å². The summed E-state index contributed by atoms with van der Waals surface area (Å²) in [4.78, 5) is 27.7. The van der Waals surface area contributed by atoms with Crippen molar-refractivity contribution in [3.63, 3.8) is 0 Å². The average molecular weight is 441 g/mol. The zero-order valence-corrected chi connectivity index (χ0v) is 18.5. The van der Waals surface area contributed by atoms with Gasteiger partial charge in [-0.1, -0.05) is 12.1 Å². The maximum atomic E-state index is 15.1. The third kappa shape index (κ3) is 2.55. The van der Waals surface area contributed by atoms with E-state index in [4.69, 9.17) is 4.74 Å². The number of amides is 1. The fourth-order valence-corrected chi connectivity index (χ4v) is 5.63. The van der Waals surface area contributed by atoms with E-state index in [0.29, 0.717) is 22.2 Å². The maximum Gasteiger partial charge on any atom is 0.263 e. The van der Waals surface area contributed by atoms with Crippen LogP contribution in [0.1, 0.15) is 27.9 Å². The molecule has 1 aliphatic carbocycles. The molecular formula is C24H25F2N3O3. The Morgan fingerprint density at radius 1 is 1.19 bits per heavy atom. The van der Waals surface area contributed by atoms with Crippen LogP contribution >= 0.6 is 0 Å². The maximum absolute atomic E-state index is 15.1. The molecule has 3 heterocycles. The van der Waals surface area contributed by atoms with Crippen LogP contribution in [0.5, 0.6) is 5.75 Å². The van der Waals surface area contributed by atoms with E-state index in [0.717, 1.165) is 5.56 Å². The van der Waals surface area contributed by atoms with Gasteiger partial charge in [0.05, 0.1) is 34.9 Å². The Bertz CT molecular complexity index is 1330. The number of ether oxygens (including phenoxy) is 1.